The number of aromatic nitrogens is 2. The lowest BCUT2D eigenvalue weighted by Crippen LogP contribution is -2.15. The van der Waals surface area contributed by atoms with Crippen LogP contribution in [-0.2, 0) is 6.42 Å². The normalized spacial score (nSPS) is 10.3. The third-order valence-corrected chi connectivity index (χ3v) is 3.79. The number of hydrogen-bond donors (Lipinski definition) is 2. The van der Waals surface area contributed by atoms with Crippen molar-refractivity contribution in [2.24, 2.45) is 0 Å². The average Bonchev–Trinajstić information content (AvgIpc) is 2.68. The Morgan fingerprint density at radius 1 is 1.00 bits per heavy atom. The van der Waals surface area contributed by atoms with E-state index in [1.165, 1.54) is 36.2 Å². The summed E-state index contributed by atoms with van der Waals surface area (Å²) in [5, 5.41) is 5.88. The molecule has 0 radical (unpaired) electrons. The van der Waals surface area contributed by atoms with Crippen LogP contribution >= 0.6 is 0 Å². The van der Waals surface area contributed by atoms with Crippen molar-refractivity contribution in [3.05, 3.63) is 84.1 Å². The molecule has 26 heavy (non-hydrogen) atoms. The number of aryl methyl sites for hydroxylation is 1. The summed E-state index contributed by atoms with van der Waals surface area (Å²) in [6.45, 7) is 0.741. The van der Waals surface area contributed by atoms with Gasteiger partial charge in [-0.1, -0.05) is 30.3 Å². The lowest BCUT2D eigenvalue weighted by molar-refractivity contribution is 0.102. The number of nitrogens with one attached hydrogen (secondary N) is 2. The highest BCUT2D eigenvalue weighted by Crippen LogP contribution is 2.11. The summed E-state index contributed by atoms with van der Waals surface area (Å²) in [4.78, 5) is 20.4. The lowest BCUT2D eigenvalue weighted by atomic mass is 10.1. The highest BCUT2D eigenvalue weighted by molar-refractivity contribution is 6.03. The number of carbonyl (C=O) groups is 1. The molecule has 1 heterocycles. The van der Waals surface area contributed by atoms with Crippen LogP contribution in [0, 0.1) is 5.82 Å². The second-order valence-electron chi connectivity index (χ2n) is 5.77. The van der Waals surface area contributed by atoms with Crippen LogP contribution in [0.5, 0.6) is 0 Å². The number of benzene rings is 2. The fourth-order valence-electron chi connectivity index (χ4n) is 2.46. The smallest absolute Gasteiger partial charge is 0.274 e. The first-order chi connectivity index (χ1) is 12.7. The second-order valence-corrected chi connectivity index (χ2v) is 5.77. The van der Waals surface area contributed by atoms with E-state index >= 15 is 0 Å². The summed E-state index contributed by atoms with van der Waals surface area (Å²) in [5.74, 6) is -0.129. The van der Waals surface area contributed by atoms with Crippen LogP contribution in [0.4, 0.5) is 15.9 Å². The van der Waals surface area contributed by atoms with Crippen molar-refractivity contribution in [1.82, 2.24) is 9.97 Å². The Morgan fingerprint density at radius 2 is 1.77 bits per heavy atom. The van der Waals surface area contributed by atoms with Gasteiger partial charge in [0.05, 0.1) is 0 Å². The molecule has 3 aromatic rings. The van der Waals surface area contributed by atoms with Crippen molar-refractivity contribution in [2.75, 3.05) is 17.2 Å². The molecule has 0 bridgehead atoms. The van der Waals surface area contributed by atoms with Gasteiger partial charge >= 0.3 is 0 Å². The molecule has 0 unspecified atom stereocenters. The SMILES string of the molecule is O=C(Nc1ccc(F)cc1)c1cc(NCCCc2ccccc2)ncn1. The molecule has 0 saturated heterocycles. The first-order valence-corrected chi connectivity index (χ1v) is 8.37. The number of amides is 1. The molecule has 0 aliphatic rings. The van der Waals surface area contributed by atoms with Crippen molar-refractivity contribution in [3.63, 3.8) is 0 Å². The zero-order chi connectivity index (χ0) is 18.2. The number of rotatable bonds is 7. The molecule has 2 aromatic carbocycles. The van der Waals surface area contributed by atoms with Gasteiger partial charge in [0, 0.05) is 18.3 Å². The highest BCUT2D eigenvalue weighted by Gasteiger charge is 2.09. The van der Waals surface area contributed by atoms with E-state index in [1.807, 2.05) is 18.2 Å². The van der Waals surface area contributed by atoms with E-state index in [4.69, 9.17) is 0 Å². The van der Waals surface area contributed by atoms with Gasteiger partial charge < -0.3 is 10.6 Å². The van der Waals surface area contributed by atoms with Gasteiger partial charge in [-0.2, -0.15) is 0 Å². The molecule has 5 nitrogen and oxygen atoms in total. The molecule has 132 valence electrons. The standard InChI is InChI=1S/C20H19FN4O/c21-16-8-10-17(11-9-16)25-20(26)18-13-19(24-14-23-18)22-12-4-7-15-5-2-1-3-6-15/h1-3,5-6,8-11,13-14H,4,7,12H2,(H,25,26)(H,22,23,24). The van der Waals surface area contributed by atoms with E-state index in [2.05, 4.69) is 32.7 Å². The highest BCUT2D eigenvalue weighted by atomic mass is 19.1. The molecule has 0 aliphatic heterocycles. The van der Waals surface area contributed by atoms with Crippen molar-refractivity contribution < 1.29 is 9.18 Å². The number of anilines is 2. The first kappa shape index (κ1) is 17.5. The molecule has 0 fully saturated rings. The Kier molecular flexibility index (Phi) is 5.88. The molecular formula is C20H19FN4O. The quantitative estimate of drug-likeness (QED) is 0.634. The van der Waals surface area contributed by atoms with Crippen LogP contribution < -0.4 is 10.6 Å². The Bertz CT molecular complexity index is 853. The largest absolute Gasteiger partial charge is 0.370 e. The maximum Gasteiger partial charge on any atom is 0.274 e. The summed E-state index contributed by atoms with van der Waals surface area (Å²) in [5.41, 5.74) is 2.04. The van der Waals surface area contributed by atoms with Gasteiger partial charge in [-0.15, -0.1) is 0 Å². The Hall–Kier alpha value is -3.28. The van der Waals surface area contributed by atoms with Crippen LogP contribution in [0.25, 0.3) is 0 Å². The van der Waals surface area contributed by atoms with Crippen molar-refractivity contribution in [1.29, 1.82) is 0 Å². The number of nitrogens with zero attached hydrogens (tertiary/aromatic N) is 2. The van der Waals surface area contributed by atoms with Crippen LogP contribution in [0.15, 0.2) is 67.0 Å². The van der Waals surface area contributed by atoms with Gasteiger partial charge in [0.2, 0.25) is 0 Å². The molecule has 1 aromatic heterocycles. The predicted octanol–water partition coefficient (Wildman–Crippen LogP) is 3.91. The minimum Gasteiger partial charge on any atom is -0.370 e. The maximum atomic E-state index is 12.9. The van der Waals surface area contributed by atoms with E-state index in [9.17, 15) is 9.18 Å². The summed E-state index contributed by atoms with van der Waals surface area (Å²) in [7, 11) is 0. The van der Waals surface area contributed by atoms with Crippen molar-refractivity contribution >= 4 is 17.4 Å². The second kappa shape index (κ2) is 8.71. The zero-order valence-electron chi connectivity index (χ0n) is 14.2. The third kappa shape index (κ3) is 5.11. The van der Waals surface area contributed by atoms with E-state index in [-0.39, 0.29) is 17.4 Å². The molecule has 2 N–H and O–H groups in total. The summed E-state index contributed by atoms with van der Waals surface area (Å²) in [6, 6.07) is 17.4. The minimum atomic E-state index is -0.369. The summed E-state index contributed by atoms with van der Waals surface area (Å²) in [6.07, 6.45) is 3.26. The van der Waals surface area contributed by atoms with Gasteiger partial charge in [-0.05, 0) is 42.7 Å². The van der Waals surface area contributed by atoms with E-state index in [0.717, 1.165) is 19.4 Å². The fourth-order valence-corrected chi connectivity index (χ4v) is 2.46. The Balaban J connectivity index is 1.52. The molecule has 0 saturated carbocycles. The van der Waals surface area contributed by atoms with Gasteiger partial charge in [-0.3, -0.25) is 4.79 Å². The Morgan fingerprint density at radius 3 is 2.54 bits per heavy atom. The zero-order valence-corrected chi connectivity index (χ0v) is 14.2. The molecule has 0 spiro atoms. The molecule has 6 heteroatoms. The maximum absolute atomic E-state index is 12.9. The molecule has 1 amide bonds. The van der Waals surface area contributed by atoms with E-state index in [1.54, 1.807) is 6.07 Å². The lowest BCUT2D eigenvalue weighted by Gasteiger charge is -2.08. The third-order valence-electron chi connectivity index (χ3n) is 3.79. The summed E-state index contributed by atoms with van der Waals surface area (Å²) >= 11 is 0. The van der Waals surface area contributed by atoms with Gasteiger partial charge in [0.25, 0.3) is 5.91 Å². The van der Waals surface area contributed by atoms with Crippen LogP contribution in [0.2, 0.25) is 0 Å². The Labute approximate surface area is 151 Å². The van der Waals surface area contributed by atoms with Crippen molar-refractivity contribution in [2.45, 2.75) is 12.8 Å². The van der Waals surface area contributed by atoms with Crippen molar-refractivity contribution in [3.8, 4) is 0 Å². The van der Waals surface area contributed by atoms with Crippen LogP contribution in [0.1, 0.15) is 22.5 Å². The van der Waals surface area contributed by atoms with Gasteiger partial charge in [0.1, 0.15) is 23.7 Å². The fraction of sp³-hybridized carbons (Fsp3) is 0.150. The number of halogens is 1. The molecular weight excluding hydrogens is 331 g/mol. The topological polar surface area (TPSA) is 66.9 Å². The number of carbonyl (C=O) groups excluding carboxylic acids is 1. The predicted molar refractivity (Wildman–Crippen MR) is 99.6 cm³/mol. The molecule has 3 rings (SSSR count). The summed E-state index contributed by atoms with van der Waals surface area (Å²) < 4.78 is 12.9. The van der Waals surface area contributed by atoms with E-state index in [0.29, 0.717) is 11.5 Å². The van der Waals surface area contributed by atoms with Crippen LogP contribution in [0.3, 0.4) is 0 Å². The molecule has 0 aliphatic carbocycles. The first-order valence-electron chi connectivity index (χ1n) is 8.37. The monoisotopic (exact) mass is 350 g/mol. The number of hydrogen-bond acceptors (Lipinski definition) is 4. The molecule has 0 atom stereocenters. The van der Waals surface area contributed by atoms with E-state index < -0.39 is 0 Å². The minimum absolute atomic E-state index is 0.245. The van der Waals surface area contributed by atoms with Gasteiger partial charge in [0.15, 0.2) is 0 Å². The van der Waals surface area contributed by atoms with Crippen LogP contribution in [-0.4, -0.2) is 22.4 Å². The average molecular weight is 350 g/mol. The van der Waals surface area contributed by atoms with Gasteiger partial charge in [-0.25, -0.2) is 14.4 Å².